The molecule has 0 unspecified atom stereocenters. The van der Waals surface area contributed by atoms with E-state index < -0.39 is 0 Å². The van der Waals surface area contributed by atoms with Crippen LogP contribution >= 0.6 is 15.9 Å². The van der Waals surface area contributed by atoms with Gasteiger partial charge in [0.25, 0.3) is 0 Å². The second-order valence-corrected chi connectivity index (χ2v) is 5.21. The number of hydrogen-bond donors (Lipinski definition) is 1. The van der Waals surface area contributed by atoms with Crippen LogP contribution in [0.15, 0.2) is 22.7 Å². The molecule has 5 heteroatoms. The first-order chi connectivity index (χ1) is 8.58. The molecule has 1 aliphatic heterocycles. The fraction of sp³-hybridized carbons (Fsp3) is 0.385. The standard InChI is InChI=1S/C13H14BrNO3/c1-8(16)11-6-10(14)2-3-12(11)15-13(17)9-4-5-18-7-9/h2-3,6,9H,4-5,7H2,1H3,(H,15,17)/t9-/m0/s1. The summed E-state index contributed by atoms with van der Waals surface area (Å²) in [7, 11) is 0. The monoisotopic (exact) mass is 311 g/mol. The molecule has 4 nitrogen and oxygen atoms in total. The summed E-state index contributed by atoms with van der Waals surface area (Å²) < 4.78 is 5.99. The van der Waals surface area contributed by atoms with Gasteiger partial charge in [-0.3, -0.25) is 9.59 Å². The van der Waals surface area contributed by atoms with E-state index in [1.54, 1.807) is 18.2 Å². The van der Waals surface area contributed by atoms with Crippen LogP contribution in [0.4, 0.5) is 5.69 Å². The van der Waals surface area contributed by atoms with Crippen molar-refractivity contribution in [3.8, 4) is 0 Å². The third kappa shape index (κ3) is 2.97. The number of Topliss-reactive ketones (excluding diaryl/α,β-unsaturated/α-hetero) is 1. The van der Waals surface area contributed by atoms with Gasteiger partial charge in [0.15, 0.2) is 5.78 Å². The second kappa shape index (κ2) is 5.63. The van der Waals surface area contributed by atoms with Gasteiger partial charge < -0.3 is 10.1 Å². The predicted molar refractivity (Wildman–Crippen MR) is 71.7 cm³/mol. The van der Waals surface area contributed by atoms with Gasteiger partial charge in [0.2, 0.25) is 5.91 Å². The molecule has 2 rings (SSSR count). The third-order valence-corrected chi connectivity index (χ3v) is 3.41. The Morgan fingerprint density at radius 3 is 2.83 bits per heavy atom. The lowest BCUT2D eigenvalue weighted by Gasteiger charge is -2.12. The van der Waals surface area contributed by atoms with Gasteiger partial charge in [-0.1, -0.05) is 15.9 Å². The van der Waals surface area contributed by atoms with E-state index in [-0.39, 0.29) is 17.6 Å². The van der Waals surface area contributed by atoms with Crippen molar-refractivity contribution < 1.29 is 14.3 Å². The van der Waals surface area contributed by atoms with Crippen LogP contribution in [0.2, 0.25) is 0 Å². The molecule has 1 fully saturated rings. The molecule has 1 atom stereocenters. The molecule has 0 spiro atoms. The number of halogens is 1. The topological polar surface area (TPSA) is 55.4 Å². The quantitative estimate of drug-likeness (QED) is 0.873. The van der Waals surface area contributed by atoms with Gasteiger partial charge in [0, 0.05) is 16.6 Å². The summed E-state index contributed by atoms with van der Waals surface area (Å²) in [6.07, 6.45) is 0.734. The summed E-state index contributed by atoms with van der Waals surface area (Å²) in [5, 5.41) is 2.80. The number of carbonyl (C=O) groups excluding carboxylic acids is 2. The van der Waals surface area contributed by atoms with Gasteiger partial charge >= 0.3 is 0 Å². The van der Waals surface area contributed by atoms with Crippen LogP contribution in [0.5, 0.6) is 0 Å². The number of nitrogens with one attached hydrogen (secondary N) is 1. The zero-order valence-corrected chi connectivity index (χ0v) is 11.6. The number of benzene rings is 1. The van der Waals surface area contributed by atoms with Crippen LogP contribution in [0, 0.1) is 5.92 Å². The van der Waals surface area contributed by atoms with E-state index in [0.717, 1.165) is 10.9 Å². The van der Waals surface area contributed by atoms with Crippen LogP contribution in [-0.2, 0) is 9.53 Å². The Labute approximate surface area is 114 Å². The Hall–Kier alpha value is -1.20. The highest BCUT2D eigenvalue weighted by Crippen LogP contribution is 2.23. The van der Waals surface area contributed by atoms with Gasteiger partial charge in [0.1, 0.15) is 0 Å². The summed E-state index contributed by atoms with van der Waals surface area (Å²) in [6, 6.07) is 5.24. The van der Waals surface area contributed by atoms with E-state index in [9.17, 15) is 9.59 Å². The number of amides is 1. The van der Waals surface area contributed by atoms with E-state index in [0.29, 0.717) is 24.5 Å². The summed E-state index contributed by atoms with van der Waals surface area (Å²) >= 11 is 3.31. The first kappa shape index (κ1) is 13.2. The smallest absolute Gasteiger partial charge is 0.229 e. The Morgan fingerprint density at radius 2 is 2.22 bits per heavy atom. The van der Waals surface area contributed by atoms with Gasteiger partial charge in [-0.25, -0.2) is 0 Å². The molecule has 0 bridgehead atoms. The summed E-state index contributed by atoms with van der Waals surface area (Å²) in [4.78, 5) is 23.5. The highest BCUT2D eigenvalue weighted by molar-refractivity contribution is 9.10. The molecule has 1 aromatic carbocycles. The number of rotatable bonds is 3. The molecule has 1 saturated heterocycles. The first-order valence-electron chi connectivity index (χ1n) is 5.77. The van der Waals surface area contributed by atoms with Gasteiger partial charge in [0.05, 0.1) is 18.2 Å². The molecule has 0 aromatic heterocycles. The minimum Gasteiger partial charge on any atom is -0.381 e. The van der Waals surface area contributed by atoms with Crippen molar-refractivity contribution in [1.82, 2.24) is 0 Å². The van der Waals surface area contributed by atoms with E-state index in [1.165, 1.54) is 6.92 Å². The van der Waals surface area contributed by atoms with Crippen molar-refractivity contribution >= 4 is 33.3 Å². The lowest BCUT2D eigenvalue weighted by Crippen LogP contribution is -2.23. The zero-order valence-electron chi connectivity index (χ0n) is 10.0. The van der Waals surface area contributed by atoms with Crippen molar-refractivity contribution in [2.75, 3.05) is 18.5 Å². The minimum atomic E-state index is -0.117. The molecular weight excluding hydrogens is 298 g/mol. The molecule has 1 heterocycles. The number of ketones is 1. The van der Waals surface area contributed by atoms with Crippen molar-refractivity contribution in [3.63, 3.8) is 0 Å². The van der Waals surface area contributed by atoms with Crippen molar-refractivity contribution in [2.45, 2.75) is 13.3 Å². The Balaban J connectivity index is 2.17. The van der Waals surface area contributed by atoms with Crippen LogP contribution in [-0.4, -0.2) is 24.9 Å². The molecule has 18 heavy (non-hydrogen) atoms. The van der Waals surface area contributed by atoms with Crippen LogP contribution < -0.4 is 5.32 Å². The van der Waals surface area contributed by atoms with Crippen LogP contribution in [0.1, 0.15) is 23.7 Å². The van der Waals surface area contributed by atoms with Gasteiger partial charge in [-0.2, -0.15) is 0 Å². The predicted octanol–water partition coefficient (Wildman–Crippen LogP) is 2.63. The van der Waals surface area contributed by atoms with Crippen LogP contribution in [0.25, 0.3) is 0 Å². The minimum absolute atomic E-state index is 0.0747. The third-order valence-electron chi connectivity index (χ3n) is 2.92. The normalized spacial score (nSPS) is 18.7. The van der Waals surface area contributed by atoms with Crippen molar-refractivity contribution in [1.29, 1.82) is 0 Å². The lowest BCUT2D eigenvalue weighted by molar-refractivity contribution is -0.119. The molecule has 1 amide bonds. The molecule has 96 valence electrons. The summed E-state index contributed by atoms with van der Waals surface area (Å²) in [6.45, 7) is 2.56. The number of ether oxygens (including phenoxy) is 1. The average Bonchev–Trinajstić information content (AvgIpc) is 2.84. The molecule has 1 aromatic rings. The number of carbonyl (C=O) groups is 2. The zero-order chi connectivity index (χ0) is 13.1. The summed E-state index contributed by atoms with van der Waals surface area (Å²) in [5.41, 5.74) is 1.07. The molecule has 0 saturated carbocycles. The molecule has 0 radical (unpaired) electrons. The lowest BCUT2D eigenvalue weighted by atomic mass is 10.1. The largest absolute Gasteiger partial charge is 0.381 e. The average molecular weight is 312 g/mol. The highest BCUT2D eigenvalue weighted by atomic mass is 79.9. The van der Waals surface area contributed by atoms with Crippen molar-refractivity contribution in [2.24, 2.45) is 5.92 Å². The molecule has 0 aliphatic carbocycles. The molecule has 1 N–H and O–H groups in total. The highest BCUT2D eigenvalue weighted by Gasteiger charge is 2.24. The Morgan fingerprint density at radius 1 is 1.44 bits per heavy atom. The first-order valence-corrected chi connectivity index (χ1v) is 6.56. The molecular formula is C13H14BrNO3. The van der Waals surface area contributed by atoms with E-state index in [1.807, 2.05) is 0 Å². The Bertz CT molecular complexity index is 481. The van der Waals surface area contributed by atoms with Gasteiger partial charge in [-0.15, -0.1) is 0 Å². The SMILES string of the molecule is CC(=O)c1cc(Br)ccc1NC(=O)[C@H]1CCOC1. The second-order valence-electron chi connectivity index (χ2n) is 4.30. The maximum Gasteiger partial charge on any atom is 0.229 e. The van der Waals surface area contributed by atoms with Crippen LogP contribution in [0.3, 0.4) is 0 Å². The maximum absolute atomic E-state index is 12.0. The van der Waals surface area contributed by atoms with E-state index >= 15 is 0 Å². The van der Waals surface area contributed by atoms with E-state index in [2.05, 4.69) is 21.2 Å². The fourth-order valence-corrected chi connectivity index (χ4v) is 2.25. The Kier molecular flexibility index (Phi) is 4.14. The maximum atomic E-state index is 12.0. The number of hydrogen-bond acceptors (Lipinski definition) is 3. The number of anilines is 1. The van der Waals surface area contributed by atoms with Gasteiger partial charge in [-0.05, 0) is 31.5 Å². The summed E-state index contributed by atoms with van der Waals surface area (Å²) in [5.74, 6) is -0.278. The van der Waals surface area contributed by atoms with Crippen molar-refractivity contribution in [3.05, 3.63) is 28.2 Å². The molecule has 1 aliphatic rings. The van der Waals surface area contributed by atoms with E-state index in [4.69, 9.17) is 4.74 Å². The fourth-order valence-electron chi connectivity index (χ4n) is 1.89.